The summed E-state index contributed by atoms with van der Waals surface area (Å²) in [5.74, 6) is -6.14. The van der Waals surface area contributed by atoms with E-state index in [1.54, 1.807) is 0 Å². The van der Waals surface area contributed by atoms with E-state index in [0.717, 1.165) is 44.9 Å². The molecule has 0 spiro atoms. The van der Waals surface area contributed by atoms with Crippen molar-refractivity contribution in [3.63, 3.8) is 0 Å². The number of rotatable bonds is 45. The van der Waals surface area contributed by atoms with Gasteiger partial charge in [-0.15, -0.1) is 0 Å². The molecule has 2 unspecified atom stereocenters. The van der Waals surface area contributed by atoms with Gasteiger partial charge >= 0.3 is 37.7 Å². The zero-order valence-corrected chi connectivity index (χ0v) is 39.4. The van der Waals surface area contributed by atoms with Crippen molar-refractivity contribution < 1.29 is 71.7 Å². The highest BCUT2D eigenvalue weighted by Crippen LogP contribution is 2.44. The number of ether oxygens (including phenoxy) is 3. The van der Waals surface area contributed by atoms with E-state index in [4.69, 9.17) is 44.9 Å². The van der Waals surface area contributed by atoms with Crippen molar-refractivity contribution in [3.8, 4) is 0 Å². The molecule has 63 heavy (non-hydrogen) atoms. The summed E-state index contributed by atoms with van der Waals surface area (Å²) in [5, 5.41) is 17.8. The Morgan fingerprint density at radius 3 is 1.38 bits per heavy atom. The van der Waals surface area contributed by atoms with Crippen LogP contribution in [0.15, 0.2) is 0 Å². The van der Waals surface area contributed by atoms with E-state index in [2.05, 4.69) is 13.8 Å². The number of carboxylic acid groups (broad SMARTS) is 2. The number of esters is 3. The summed E-state index contributed by atoms with van der Waals surface area (Å²) in [4.78, 5) is 83.1. The molecule has 0 radical (unpaired) electrons. The minimum atomic E-state index is -4.94. The number of hydrogen-bond acceptors (Lipinski definition) is 14. The molecular weight excluding hydrogens is 839 g/mol. The first-order valence-electron chi connectivity index (χ1n) is 23.7. The second kappa shape index (κ2) is 39.4. The normalized spacial score (nSPS) is 14.2. The molecule has 0 bridgehead atoms. The summed E-state index contributed by atoms with van der Waals surface area (Å²) in [5.41, 5.74) is 11.6. The molecular formula is C45H83N2O15P. The predicted molar refractivity (Wildman–Crippen MR) is 238 cm³/mol. The third kappa shape index (κ3) is 38.1. The monoisotopic (exact) mass is 923 g/mol. The fourth-order valence-corrected chi connectivity index (χ4v) is 7.47. The van der Waals surface area contributed by atoms with Gasteiger partial charge in [-0.1, -0.05) is 142 Å². The summed E-state index contributed by atoms with van der Waals surface area (Å²) in [6.07, 6.45) is 21.7. The van der Waals surface area contributed by atoms with Crippen molar-refractivity contribution in [2.75, 3.05) is 26.4 Å². The maximum absolute atomic E-state index is 13.1. The lowest BCUT2D eigenvalue weighted by Crippen LogP contribution is -2.36. The molecule has 17 nitrogen and oxygen atoms in total. The van der Waals surface area contributed by atoms with Crippen LogP contribution in [-0.2, 0) is 56.6 Å². The van der Waals surface area contributed by atoms with E-state index in [-0.39, 0.29) is 32.1 Å². The number of nitrogens with two attached hydrogens (primary N) is 2. The Kier molecular flexibility index (Phi) is 37.6. The van der Waals surface area contributed by atoms with E-state index < -0.39 is 107 Å². The highest BCUT2D eigenvalue weighted by Gasteiger charge is 2.30. The van der Waals surface area contributed by atoms with Crippen LogP contribution in [0.5, 0.6) is 0 Å². The Balaban J connectivity index is 5.33. The molecule has 0 rings (SSSR count). The molecule has 0 aliphatic carbocycles. The highest BCUT2D eigenvalue weighted by atomic mass is 31.2. The van der Waals surface area contributed by atoms with Gasteiger partial charge in [0, 0.05) is 38.0 Å². The SMILES string of the molecule is CCCCCCCCCCCCCC(=O)OC[C@H](COP(=O)(O)OCC(COC(=O)[C@@H](N)CCC(=O)O)CC(=O)[C@@H](N)CCC(=O)O)OC(=O)CCCCCCCCCCCCC. The molecule has 0 aromatic carbocycles. The maximum Gasteiger partial charge on any atom is 0.472 e. The lowest BCUT2D eigenvalue weighted by molar-refractivity contribution is -0.161. The van der Waals surface area contributed by atoms with Crippen molar-refractivity contribution in [3.05, 3.63) is 0 Å². The van der Waals surface area contributed by atoms with E-state index in [1.807, 2.05) is 0 Å². The Labute approximate surface area is 376 Å². The molecule has 18 heteroatoms. The predicted octanol–water partition coefficient (Wildman–Crippen LogP) is 8.48. The summed E-state index contributed by atoms with van der Waals surface area (Å²) in [7, 11) is -4.94. The maximum atomic E-state index is 13.1. The van der Waals surface area contributed by atoms with Gasteiger partial charge in [-0.25, -0.2) is 4.57 Å². The number of unbranched alkanes of at least 4 members (excludes halogenated alkanes) is 20. The van der Waals surface area contributed by atoms with Gasteiger partial charge in [0.05, 0.1) is 25.9 Å². The number of hydrogen-bond donors (Lipinski definition) is 5. The van der Waals surface area contributed by atoms with Gasteiger partial charge in [-0.05, 0) is 25.7 Å². The largest absolute Gasteiger partial charge is 0.481 e. The molecule has 0 aliphatic heterocycles. The first-order valence-corrected chi connectivity index (χ1v) is 25.2. The topological polar surface area (TPSA) is 278 Å². The summed E-state index contributed by atoms with van der Waals surface area (Å²) >= 11 is 0. The van der Waals surface area contributed by atoms with E-state index in [0.29, 0.717) is 12.8 Å². The molecule has 0 saturated carbocycles. The van der Waals surface area contributed by atoms with Gasteiger partial charge < -0.3 is 40.8 Å². The highest BCUT2D eigenvalue weighted by molar-refractivity contribution is 7.47. The zero-order valence-electron chi connectivity index (χ0n) is 38.5. The van der Waals surface area contributed by atoms with Crippen molar-refractivity contribution in [1.29, 1.82) is 0 Å². The number of Topliss-reactive ketones (excluding diaryl/α,β-unsaturated/α-hetero) is 1. The quantitative estimate of drug-likeness (QED) is 0.0166. The average Bonchev–Trinajstić information content (AvgIpc) is 3.24. The second-order valence-corrected chi connectivity index (χ2v) is 18.1. The van der Waals surface area contributed by atoms with Crippen LogP contribution >= 0.6 is 7.82 Å². The van der Waals surface area contributed by atoms with Crippen LogP contribution in [0.25, 0.3) is 0 Å². The van der Waals surface area contributed by atoms with E-state index >= 15 is 0 Å². The third-order valence-electron chi connectivity index (χ3n) is 10.6. The lowest BCUT2D eigenvalue weighted by atomic mass is 9.97. The Morgan fingerprint density at radius 1 is 0.508 bits per heavy atom. The molecule has 0 aliphatic rings. The van der Waals surface area contributed by atoms with Crippen molar-refractivity contribution in [2.24, 2.45) is 17.4 Å². The number of aliphatic carboxylic acids is 2. The Bertz CT molecular complexity index is 1300. The number of phosphoric acid groups is 1. The van der Waals surface area contributed by atoms with Crippen LogP contribution in [0.4, 0.5) is 0 Å². The first-order chi connectivity index (χ1) is 30.1. The van der Waals surface area contributed by atoms with Gasteiger partial charge in [0.1, 0.15) is 18.4 Å². The molecule has 0 fully saturated rings. The standard InChI is InChI=1S/C45H83N2O15P/c1-3-5-7-9-11-13-15-17-19-21-23-25-43(53)58-34-37(62-44(54)26-24-22-20-18-16-14-12-10-8-6-4-2)35-61-63(56,57)60-33-36(31-40(48)38(46)27-29-41(49)50)32-59-45(55)39(47)28-30-42(51)52/h36-39H,3-35,46-47H2,1-2H3,(H,49,50)(H,51,52)(H,56,57)/t36?,37-,38+,39+/m1/s1. The van der Waals surface area contributed by atoms with Crippen LogP contribution in [-0.4, -0.2) is 95.4 Å². The Morgan fingerprint density at radius 2 is 0.921 bits per heavy atom. The van der Waals surface area contributed by atoms with Crippen LogP contribution in [0.3, 0.4) is 0 Å². The fourth-order valence-electron chi connectivity index (χ4n) is 6.65. The summed E-state index contributed by atoms with van der Waals surface area (Å²) < 4.78 is 39.4. The third-order valence-corrected chi connectivity index (χ3v) is 11.6. The van der Waals surface area contributed by atoms with E-state index in [9.17, 15) is 38.2 Å². The van der Waals surface area contributed by atoms with Gasteiger partial charge in [-0.3, -0.25) is 37.8 Å². The number of carboxylic acids is 2. The Hall–Kier alpha value is -2.95. The minimum absolute atomic E-state index is 0.0937. The van der Waals surface area contributed by atoms with Crippen LogP contribution in [0.2, 0.25) is 0 Å². The smallest absolute Gasteiger partial charge is 0.472 e. The number of carbonyl (C=O) groups is 6. The van der Waals surface area contributed by atoms with Crippen LogP contribution < -0.4 is 11.5 Å². The van der Waals surface area contributed by atoms with Gasteiger partial charge in [0.25, 0.3) is 0 Å². The summed E-state index contributed by atoms with van der Waals surface area (Å²) in [6.45, 7) is 2.06. The first kappa shape index (κ1) is 60.1. The van der Waals surface area contributed by atoms with Gasteiger partial charge in [0.15, 0.2) is 6.10 Å². The van der Waals surface area contributed by atoms with Crippen LogP contribution in [0.1, 0.15) is 200 Å². The molecule has 0 amide bonds. The molecule has 7 N–H and O–H groups in total. The average molecular weight is 923 g/mol. The van der Waals surface area contributed by atoms with Crippen molar-refractivity contribution in [2.45, 2.75) is 218 Å². The number of phosphoric ester groups is 1. The molecule has 0 aromatic heterocycles. The molecule has 0 heterocycles. The zero-order chi connectivity index (χ0) is 47.1. The number of ketones is 1. The van der Waals surface area contributed by atoms with Gasteiger partial charge in [0.2, 0.25) is 0 Å². The second-order valence-electron chi connectivity index (χ2n) is 16.7. The lowest BCUT2D eigenvalue weighted by Gasteiger charge is -2.22. The van der Waals surface area contributed by atoms with Crippen LogP contribution in [0, 0.1) is 5.92 Å². The summed E-state index contributed by atoms with van der Waals surface area (Å²) in [6, 6.07) is -2.50. The van der Waals surface area contributed by atoms with E-state index in [1.165, 1.54) is 83.5 Å². The molecule has 5 atom stereocenters. The van der Waals surface area contributed by atoms with Gasteiger partial charge in [-0.2, -0.15) is 0 Å². The molecule has 368 valence electrons. The van der Waals surface area contributed by atoms with Crippen molar-refractivity contribution in [1.82, 2.24) is 0 Å². The minimum Gasteiger partial charge on any atom is -0.481 e. The fraction of sp³-hybridized carbons (Fsp3) is 0.867. The number of carbonyl (C=O) groups excluding carboxylic acids is 4. The van der Waals surface area contributed by atoms with Crippen molar-refractivity contribution >= 4 is 43.5 Å². The molecule has 0 aromatic rings. The molecule has 0 saturated heterocycles.